The molecule has 0 unspecified atom stereocenters. The average molecular weight is 172 g/mol. The highest BCUT2D eigenvalue weighted by atomic mass is 28.3. The molecule has 0 saturated carbocycles. The second-order valence-electron chi connectivity index (χ2n) is 5.04. The SMILES string of the molecule is C[C@]1(O)C[Si](C)(C)[C@H]2O[C@]21C. The maximum atomic E-state index is 10.0. The molecular weight excluding hydrogens is 156 g/mol. The molecule has 0 spiro atoms. The van der Waals surface area contributed by atoms with Gasteiger partial charge in [-0.2, -0.15) is 0 Å². The predicted octanol–water partition coefficient (Wildman–Crippen LogP) is 1.16. The average Bonchev–Trinajstić information content (AvgIpc) is 2.35. The number of aliphatic hydroxyl groups is 1. The number of fused-ring (bicyclic) bond motifs is 1. The summed E-state index contributed by atoms with van der Waals surface area (Å²) in [5, 5.41) is 10.0. The van der Waals surface area contributed by atoms with Crippen LogP contribution >= 0.6 is 0 Å². The van der Waals surface area contributed by atoms with Gasteiger partial charge in [0.2, 0.25) is 0 Å². The molecule has 11 heavy (non-hydrogen) atoms. The van der Waals surface area contributed by atoms with E-state index in [1.54, 1.807) is 0 Å². The van der Waals surface area contributed by atoms with Crippen LogP contribution in [0.15, 0.2) is 0 Å². The van der Waals surface area contributed by atoms with Crippen LogP contribution in [0.25, 0.3) is 0 Å². The van der Waals surface area contributed by atoms with Gasteiger partial charge in [-0.25, -0.2) is 0 Å². The Balaban J connectivity index is 2.34. The molecule has 2 heterocycles. The lowest BCUT2D eigenvalue weighted by Crippen LogP contribution is -2.38. The fourth-order valence-electron chi connectivity index (χ4n) is 2.68. The molecule has 0 aromatic heterocycles. The number of epoxide rings is 1. The lowest BCUT2D eigenvalue weighted by atomic mass is 9.94. The minimum absolute atomic E-state index is 0.192. The minimum Gasteiger partial charge on any atom is -0.387 e. The van der Waals surface area contributed by atoms with E-state index in [4.69, 9.17) is 4.74 Å². The third-order valence-electron chi connectivity index (χ3n) is 3.38. The van der Waals surface area contributed by atoms with Gasteiger partial charge in [-0.3, -0.25) is 0 Å². The van der Waals surface area contributed by atoms with Crippen molar-refractivity contribution in [1.29, 1.82) is 0 Å². The van der Waals surface area contributed by atoms with Crippen LogP contribution in [0.5, 0.6) is 0 Å². The number of hydrogen-bond acceptors (Lipinski definition) is 2. The quantitative estimate of drug-likeness (QED) is 0.439. The van der Waals surface area contributed by atoms with Crippen molar-refractivity contribution in [2.24, 2.45) is 0 Å². The molecule has 2 saturated heterocycles. The van der Waals surface area contributed by atoms with Gasteiger partial charge in [0.05, 0.1) is 19.4 Å². The Morgan fingerprint density at radius 2 is 2.00 bits per heavy atom. The standard InChI is InChI=1S/C8H16O2Si/c1-7(9)5-11(3,4)6-8(7,2)10-6/h6,9H,5H2,1-4H3/t6-,7+,8-/m1/s1. The molecule has 2 rings (SSSR count). The highest BCUT2D eigenvalue weighted by Gasteiger charge is 2.75. The van der Waals surface area contributed by atoms with Crippen molar-refractivity contribution in [2.45, 2.75) is 49.9 Å². The first-order valence-corrected chi connectivity index (χ1v) is 7.48. The van der Waals surface area contributed by atoms with Crippen molar-refractivity contribution in [3.8, 4) is 0 Å². The predicted molar refractivity (Wildman–Crippen MR) is 46.2 cm³/mol. The van der Waals surface area contributed by atoms with Crippen molar-refractivity contribution in [2.75, 3.05) is 0 Å². The highest BCUT2D eigenvalue weighted by Crippen LogP contribution is 2.59. The van der Waals surface area contributed by atoms with E-state index in [0.29, 0.717) is 5.73 Å². The second-order valence-corrected chi connectivity index (χ2v) is 9.90. The summed E-state index contributed by atoms with van der Waals surface area (Å²) in [5.41, 5.74) is -0.346. The third-order valence-corrected chi connectivity index (χ3v) is 7.07. The van der Waals surface area contributed by atoms with E-state index < -0.39 is 13.7 Å². The zero-order chi connectivity index (χ0) is 8.49. The molecule has 2 fully saturated rings. The van der Waals surface area contributed by atoms with Gasteiger partial charge in [-0.05, 0) is 19.9 Å². The zero-order valence-electron chi connectivity index (χ0n) is 7.64. The Morgan fingerprint density at radius 3 is 2.09 bits per heavy atom. The van der Waals surface area contributed by atoms with Crippen LogP contribution in [0.4, 0.5) is 0 Å². The van der Waals surface area contributed by atoms with Crippen molar-refractivity contribution in [1.82, 2.24) is 0 Å². The molecule has 0 bridgehead atoms. The summed E-state index contributed by atoms with van der Waals surface area (Å²) in [7, 11) is -1.25. The summed E-state index contributed by atoms with van der Waals surface area (Å²) in [5.74, 6) is 0. The Bertz CT molecular complexity index is 209. The van der Waals surface area contributed by atoms with Gasteiger partial charge in [-0.1, -0.05) is 13.1 Å². The fraction of sp³-hybridized carbons (Fsp3) is 1.00. The lowest BCUT2D eigenvalue weighted by Gasteiger charge is -2.26. The van der Waals surface area contributed by atoms with Crippen molar-refractivity contribution in [3.63, 3.8) is 0 Å². The van der Waals surface area contributed by atoms with E-state index in [0.717, 1.165) is 6.04 Å². The topological polar surface area (TPSA) is 32.8 Å². The first-order chi connectivity index (χ1) is 4.80. The van der Waals surface area contributed by atoms with Crippen molar-refractivity contribution in [3.05, 3.63) is 0 Å². The van der Waals surface area contributed by atoms with Crippen LogP contribution in [0.1, 0.15) is 13.8 Å². The maximum absolute atomic E-state index is 10.0. The summed E-state index contributed by atoms with van der Waals surface area (Å²) in [4.78, 5) is 0. The van der Waals surface area contributed by atoms with E-state index in [-0.39, 0.29) is 5.60 Å². The van der Waals surface area contributed by atoms with Gasteiger partial charge < -0.3 is 9.84 Å². The molecule has 64 valence electrons. The van der Waals surface area contributed by atoms with Crippen LogP contribution in [0, 0.1) is 0 Å². The molecular formula is C8H16O2Si. The van der Waals surface area contributed by atoms with E-state index in [1.807, 2.05) is 13.8 Å². The Kier molecular flexibility index (Phi) is 1.12. The molecule has 2 nitrogen and oxygen atoms in total. The molecule has 3 atom stereocenters. The van der Waals surface area contributed by atoms with Gasteiger partial charge in [0.1, 0.15) is 5.60 Å². The first kappa shape index (κ1) is 7.77. The number of ether oxygens (including phenoxy) is 1. The monoisotopic (exact) mass is 172 g/mol. The Hall–Kier alpha value is 0.137. The minimum atomic E-state index is -1.25. The molecule has 1 N–H and O–H groups in total. The second kappa shape index (κ2) is 1.58. The van der Waals surface area contributed by atoms with Crippen molar-refractivity contribution >= 4 is 8.07 Å². The molecule has 2 aliphatic heterocycles. The van der Waals surface area contributed by atoms with E-state index >= 15 is 0 Å². The van der Waals surface area contributed by atoms with Crippen LogP contribution in [0.2, 0.25) is 19.1 Å². The Labute approximate surface area is 68.6 Å². The molecule has 3 heteroatoms. The summed E-state index contributed by atoms with van der Waals surface area (Å²) in [6.45, 7) is 8.54. The normalized spacial score (nSPS) is 59.2. The van der Waals surface area contributed by atoms with Crippen LogP contribution in [-0.4, -0.2) is 30.1 Å². The summed E-state index contributed by atoms with van der Waals surface area (Å²) < 4.78 is 5.58. The zero-order valence-corrected chi connectivity index (χ0v) is 8.64. The third kappa shape index (κ3) is 0.739. The summed E-state index contributed by atoms with van der Waals surface area (Å²) >= 11 is 0. The molecule has 0 radical (unpaired) electrons. The first-order valence-electron chi connectivity index (χ1n) is 4.20. The van der Waals surface area contributed by atoms with E-state index in [9.17, 15) is 5.11 Å². The molecule has 0 aliphatic carbocycles. The fourth-order valence-corrected chi connectivity index (χ4v) is 7.36. The van der Waals surface area contributed by atoms with Crippen LogP contribution < -0.4 is 0 Å². The lowest BCUT2D eigenvalue weighted by molar-refractivity contribution is 0.00273. The molecule has 0 amide bonds. The Morgan fingerprint density at radius 1 is 1.45 bits per heavy atom. The number of rotatable bonds is 0. The van der Waals surface area contributed by atoms with Crippen LogP contribution in [-0.2, 0) is 4.74 Å². The van der Waals surface area contributed by atoms with Crippen molar-refractivity contribution < 1.29 is 9.84 Å². The number of hydrogen-bond donors (Lipinski definition) is 1. The summed E-state index contributed by atoms with van der Waals surface area (Å²) in [6.07, 6.45) is 0. The van der Waals surface area contributed by atoms with E-state index in [1.165, 1.54) is 0 Å². The van der Waals surface area contributed by atoms with E-state index in [2.05, 4.69) is 13.1 Å². The van der Waals surface area contributed by atoms with Gasteiger partial charge in [0, 0.05) is 0 Å². The smallest absolute Gasteiger partial charge is 0.117 e. The molecule has 0 aromatic rings. The summed E-state index contributed by atoms with van der Waals surface area (Å²) in [6, 6.07) is 0.987. The van der Waals surface area contributed by atoms with Gasteiger partial charge in [0.25, 0.3) is 0 Å². The van der Waals surface area contributed by atoms with Gasteiger partial charge in [-0.15, -0.1) is 0 Å². The highest BCUT2D eigenvalue weighted by molar-refractivity contribution is 6.81. The van der Waals surface area contributed by atoms with Crippen LogP contribution in [0.3, 0.4) is 0 Å². The molecule has 0 aromatic carbocycles. The van der Waals surface area contributed by atoms with Gasteiger partial charge in [0.15, 0.2) is 0 Å². The largest absolute Gasteiger partial charge is 0.387 e. The maximum Gasteiger partial charge on any atom is 0.117 e. The van der Waals surface area contributed by atoms with Gasteiger partial charge >= 0.3 is 0 Å². The molecule has 2 aliphatic rings.